The Morgan fingerprint density at radius 2 is 1.89 bits per heavy atom. The minimum absolute atomic E-state index is 0.547. The Morgan fingerprint density at radius 1 is 1.11 bits per heavy atom. The van der Waals surface area contributed by atoms with Crippen LogP contribution < -0.4 is 4.90 Å². The van der Waals surface area contributed by atoms with Gasteiger partial charge in [0, 0.05) is 43.4 Å². The molecule has 98 valence electrons. The van der Waals surface area contributed by atoms with Crippen LogP contribution in [-0.4, -0.2) is 48.9 Å². The first kappa shape index (κ1) is 12.1. The van der Waals surface area contributed by atoms with Gasteiger partial charge in [0.15, 0.2) is 0 Å². The summed E-state index contributed by atoms with van der Waals surface area (Å²) in [5.74, 6) is 0. The van der Waals surface area contributed by atoms with E-state index in [1.807, 2.05) is 18.3 Å². The first-order valence-electron chi connectivity index (χ1n) is 6.63. The van der Waals surface area contributed by atoms with Gasteiger partial charge in [-0.2, -0.15) is 0 Å². The van der Waals surface area contributed by atoms with Gasteiger partial charge in [0.05, 0.1) is 12.1 Å². The lowest BCUT2D eigenvalue weighted by Crippen LogP contribution is -2.47. The van der Waals surface area contributed by atoms with Crippen molar-refractivity contribution in [3.8, 4) is 0 Å². The van der Waals surface area contributed by atoms with Gasteiger partial charge in [-0.3, -0.25) is 9.88 Å². The molecule has 0 unspecified atom stereocenters. The molecule has 0 bridgehead atoms. The van der Waals surface area contributed by atoms with Crippen molar-refractivity contribution < 1.29 is 4.79 Å². The van der Waals surface area contributed by atoms with Crippen LogP contribution in [0.15, 0.2) is 36.5 Å². The predicted octanol–water partition coefficient (Wildman–Crippen LogP) is 1.56. The normalized spacial score (nSPS) is 16.7. The van der Waals surface area contributed by atoms with Crippen molar-refractivity contribution in [1.82, 2.24) is 9.88 Å². The highest BCUT2D eigenvalue weighted by Gasteiger charge is 2.18. The zero-order chi connectivity index (χ0) is 13.1. The van der Waals surface area contributed by atoms with Crippen LogP contribution >= 0.6 is 0 Å². The second kappa shape index (κ2) is 5.36. The Balaban J connectivity index is 1.84. The van der Waals surface area contributed by atoms with Crippen LogP contribution in [0.25, 0.3) is 10.9 Å². The molecule has 2 heterocycles. The number of aromatic nitrogens is 1. The Kier molecular flexibility index (Phi) is 3.42. The summed E-state index contributed by atoms with van der Waals surface area (Å²) in [5.41, 5.74) is 2.28. The van der Waals surface area contributed by atoms with E-state index in [4.69, 9.17) is 0 Å². The smallest absolute Gasteiger partial charge is 0.133 e. The molecule has 1 aromatic heterocycles. The maximum Gasteiger partial charge on any atom is 0.133 e. The van der Waals surface area contributed by atoms with Crippen molar-refractivity contribution in [2.24, 2.45) is 0 Å². The summed E-state index contributed by atoms with van der Waals surface area (Å²) in [5, 5.41) is 1.20. The third-order valence-corrected chi connectivity index (χ3v) is 3.67. The zero-order valence-corrected chi connectivity index (χ0v) is 10.8. The number of aldehydes is 1. The number of nitrogens with zero attached hydrogens (tertiary/aromatic N) is 3. The van der Waals surface area contributed by atoms with Crippen LogP contribution in [0.4, 0.5) is 5.69 Å². The maximum atomic E-state index is 10.5. The molecule has 1 aliphatic rings. The Labute approximate surface area is 112 Å². The van der Waals surface area contributed by atoms with E-state index in [0.29, 0.717) is 6.54 Å². The molecule has 0 atom stereocenters. The molecule has 4 heteroatoms. The van der Waals surface area contributed by atoms with E-state index in [0.717, 1.165) is 38.0 Å². The average molecular weight is 255 g/mol. The summed E-state index contributed by atoms with van der Waals surface area (Å²) < 4.78 is 0. The van der Waals surface area contributed by atoms with Gasteiger partial charge in [0.1, 0.15) is 6.29 Å². The highest BCUT2D eigenvalue weighted by Crippen LogP contribution is 2.25. The fourth-order valence-electron chi connectivity index (χ4n) is 2.63. The van der Waals surface area contributed by atoms with Gasteiger partial charge in [-0.1, -0.05) is 18.2 Å². The second-order valence-corrected chi connectivity index (χ2v) is 4.80. The summed E-state index contributed by atoms with van der Waals surface area (Å²) >= 11 is 0. The molecule has 0 radical (unpaired) electrons. The number of benzene rings is 1. The monoisotopic (exact) mass is 255 g/mol. The summed E-state index contributed by atoms with van der Waals surface area (Å²) in [6, 6.07) is 10.3. The topological polar surface area (TPSA) is 36.4 Å². The molecule has 19 heavy (non-hydrogen) atoms. The molecule has 1 saturated heterocycles. The second-order valence-electron chi connectivity index (χ2n) is 4.80. The number of carbonyl (C=O) groups excluding carboxylic acids is 1. The molecule has 0 saturated carbocycles. The molecule has 0 spiro atoms. The van der Waals surface area contributed by atoms with Gasteiger partial charge in [-0.15, -0.1) is 0 Å². The van der Waals surface area contributed by atoms with Crippen LogP contribution in [0.1, 0.15) is 0 Å². The van der Waals surface area contributed by atoms with Gasteiger partial charge in [-0.25, -0.2) is 0 Å². The van der Waals surface area contributed by atoms with Crippen LogP contribution in [0.2, 0.25) is 0 Å². The Morgan fingerprint density at radius 3 is 2.68 bits per heavy atom. The minimum atomic E-state index is 0.547. The number of fused-ring (bicyclic) bond motifs is 1. The van der Waals surface area contributed by atoms with Crippen molar-refractivity contribution in [3.63, 3.8) is 0 Å². The van der Waals surface area contributed by atoms with Gasteiger partial charge in [0.25, 0.3) is 0 Å². The lowest BCUT2D eigenvalue weighted by Gasteiger charge is -2.35. The first-order chi connectivity index (χ1) is 9.38. The number of carbonyl (C=O) groups is 1. The van der Waals surface area contributed by atoms with Gasteiger partial charge in [0.2, 0.25) is 0 Å². The lowest BCUT2D eigenvalue weighted by atomic mass is 10.1. The quantitative estimate of drug-likeness (QED) is 0.780. The van der Waals surface area contributed by atoms with E-state index in [1.165, 1.54) is 11.1 Å². The van der Waals surface area contributed by atoms with Gasteiger partial charge >= 0.3 is 0 Å². The highest BCUT2D eigenvalue weighted by molar-refractivity contribution is 5.91. The molecule has 0 aliphatic carbocycles. The molecular formula is C15H17N3O. The van der Waals surface area contributed by atoms with Crippen LogP contribution in [-0.2, 0) is 4.79 Å². The number of hydrogen-bond donors (Lipinski definition) is 0. The summed E-state index contributed by atoms with van der Waals surface area (Å²) in [7, 11) is 0. The van der Waals surface area contributed by atoms with Crippen molar-refractivity contribution >= 4 is 22.9 Å². The molecule has 0 N–H and O–H groups in total. The van der Waals surface area contributed by atoms with Crippen molar-refractivity contribution in [1.29, 1.82) is 0 Å². The van der Waals surface area contributed by atoms with E-state index in [9.17, 15) is 4.79 Å². The molecule has 1 fully saturated rings. The molecule has 2 aromatic rings. The number of pyridine rings is 1. The van der Waals surface area contributed by atoms with E-state index in [2.05, 4.69) is 33.0 Å². The molecule has 4 nitrogen and oxygen atoms in total. The van der Waals surface area contributed by atoms with E-state index < -0.39 is 0 Å². The lowest BCUT2D eigenvalue weighted by molar-refractivity contribution is -0.108. The van der Waals surface area contributed by atoms with Crippen LogP contribution in [0, 0.1) is 0 Å². The average Bonchev–Trinajstić information content (AvgIpc) is 2.48. The van der Waals surface area contributed by atoms with Crippen LogP contribution in [0.3, 0.4) is 0 Å². The molecule has 1 aliphatic heterocycles. The largest absolute Gasteiger partial charge is 0.368 e. The number of anilines is 1. The standard InChI is InChI=1S/C15H17N3O/c19-12-11-17-7-9-18(10-8-17)15-5-6-16-14-4-2-1-3-13(14)15/h1-6,12H,7-11H2. The Hall–Kier alpha value is -1.94. The summed E-state index contributed by atoms with van der Waals surface area (Å²) in [6.45, 7) is 4.35. The number of rotatable bonds is 3. The first-order valence-corrected chi connectivity index (χ1v) is 6.63. The molecule has 1 aromatic carbocycles. The third-order valence-electron chi connectivity index (χ3n) is 3.67. The van der Waals surface area contributed by atoms with Crippen LogP contribution in [0.5, 0.6) is 0 Å². The van der Waals surface area contributed by atoms with Gasteiger partial charge < -0.3 is 9.69 Å². The number of piperazine rings is 1. The fourth-order valence-corrected chi connectivity index (χ4v) is 2.63. The van der Waals surface area contributed by atoms with E-state index in [1.54, 1.807) is 0 Å². The van der Waals surface area contributed by atoms with E-state index >= 15 is 0 Å². The predicted molar refractivity (Wildman–Crippen MR) is 76.5 cm³/mol. The molecule has 0 amide bonds. The Bertz CT molecular complexity index is 571. The van der Waals surface area contributed by atoms with Gasteiger partial charge in [-0.05, 0) is 12.1 Å². The number of para-hydroxylation sites is 1. The highest BCUT2D eigenvalue weighted by atomic mass is 16.1. The molecule has 3 rings (SSSR count). The van der Waals surface area contributed by atoms with Crippen molar-refractivity contribution in [2.45, 2.75) is 0 Å². The van der Waals surface area contributed by atoms with Crippen molar-refractivity contribution in [3.05, 3.63) is 36.5 Å². The fraction of sp³-hybridized carbons (Fsp3) is 0.333. The minimum Gasteiger partial charge on any atom is -0.368 e. The maximum absolute atomic E-state index is 10.5. The third kappa shape index (κ3) is 2.44. The van der Waals surface area contributed by atoms with E-state index in [-0.39, 0.29) is 0 Å². The van der Waals surface area contributed by atoms with Crippen molar-refractivity contribution in [2.75, 3.05) is 37.6 Å². The zero-order valence-electron chi connectivity index (χ0n) is 10.8. The SMILES string of the molecule is O=CCN1CCN(c2ccnc3ccccc23)CC1. The number of hydrogen-bond acceptors (Lipinski definition) is 4. The summed E-state index contributed by atoms with van der Waals surface area (Å²) in [6.07, 6.45) is 2.85. The summed E-state index contributed by atoms with van der Waals surface area (Å²) in [4.78, 5) is 19.5. The molecular weight excluding hydrogens is 238 g/mol.